The summed E-state index contributed by atoms with van der Waals surface area (Å²) in [7, 11) is 0. The summed E-state index contributed by atoms with van der Waals surface area (Å²) in [6.45, 7) is 6.06. The van der Waals surface area contributed by atoms with Gasteiger partial charge in [-0.05, 0) is 79.6 Å². The van der Waals surface area contributed by atoms with Crippen LogP contribution in [0.2, 0.25) is 0 Å². The quantitative estimate of drug-likeness (QED) is 0.627. The van der Waals surface area contributed by atoms with Gasteiger partial charge in [0, 0.05) is 30.2 Å². The van der Waals surface area contributed by atoms with Crippen LogP contribution in [0.25, 0.3) is 0 Å². The number of allylic oxidation sites excluding steroid dienone is 1. The van der Waals surface area contributed by atoms with Crippen molar-refractivity contribution in [2.24, 2.45) is 34.5 Å². The summed E-state index contributed by atoms with van der Waals surface area (Å²) in [5.74, 6) is 3.74. The zero-order valence-electron chi connectivity index (χ0n) is 19.9. The Hall–Kier alpha value is -1.82. The van der Waals surface area contributed by atoms with Gasteiger partial charge in [-0.1, -0.05) is 31.6 Å². The van der Waals surface area contributed by atoms with E-state index in [1.54, 1.807) is 6.33 Å². The van der Waals surface area contributed by atoms with Crippen LogP contribution in [0.4, 0.5) is 5.82 Å². The van der Waals surface area contributed by atoms with Gasteiger partial charge >= 0.3 is 0 Å². The first-order chi connectivity index (χ1) is 15.8. The first-order valence-corrected chi connectivity index (χ1v) is 13.3. The van der Waals surface area contributed by atoms with Crippen molar-refractivity contribution in [3.05, 3.63) is 23.7 Å². The third kappa shape index (κ3) is 3.15. The lowest BCUT2D eigenvalue weighted by Gasteiger charge is -2.58. The van der Waals surface area contributed by atoms with Gasteiger partial charge in [0.25, 0.3) is 0 Å². The van der Waals surface area contributed by atoms with Crippen molar-refractivity contribution in [3.8, 4) is 0 Å². The Morgan fingerprint density at radius 2 is 2.00 bits per heavy atom. The molecule has 0 saturated heterocycles. The van der Waals surface area contributed by atoms with Crippen LogP contribution in [0.3, 0.4) is 0 Å². The fraction of sp³-hybridized carbons (Fsp3) is 0.704. The molecule has 176 valence electrons. The number of hydrogen-bond donors (Lipinski definition) is 1. The third-order valence-corrected chi connectivity index (χ3v) is 10.8. The van der Waals surface area contributed by atoms with E-state index in [0.717, 1.165) is 55.0 Å². The van der Waals surface area contributed by atoms with Gasteiger partial charge in [-0.2, -0.15) is 0 Å². The number of hydrogen-bond acceptors (Lipinski definition) is 5. The molecule has 6 rings (SSSR count). The number of nitrogens with zero attached hydrogens (tertiary/aromatic N) is 2. The molecule has 0 bridgehead atoms. The second kappa shape index (κ2) is 7.59. The molecule has 1 aliphatic heterocycles. The second-order valence-corrected chi connectivity index (χ2v) is 12.3. The Labute approximate surface area is 201 Å². The lowest BCUT2D eigenvalue weighted by molar-refractivity contribution is -0.131. The summed E-state index contributed by atoms with van der Waals surface area (Å²) < 4.78 is 1.99. The summed E-state index contributed by atoms with van der Waals surface area (Å²) >= 11 is 5.48. The van der Waals surface area contributed by atoms with E-state index in [-0.39, 0.29) is 16.7 Å². The minimum absolute atomic E-state index is 0.101. The topological polar surface area (TPSA) is 64.0 Å². The molecule has 3 saturated carbocycles. The van der Waals surface area contributed by atoms with Crippen molar-refractivity contribution in [2.45, 2.75) is 78.2 Å². The van der Waals surface area contributed by atoms with E-state index in [9.17, 15) is 9.59 Å². The number of carbonyl (C=O) groups is 2. The highest BCUT2D eigenvalue weighted by molar-refractivity contribution is 7.80. The van der Waals surface area contributed by atoms with Gasteiger partial charge in [-0.25, -0.2) is 4.98 Å². The monoisotopic (exact) mass is 465 g/mol. The number of imidazole rings is 1. The SMILES string of the molecule is CC12CCC(=O)C=C1CCC1C2CCC2(C)C(C(=O)Cn3cnc4c3NCCC4=S)CCC12. The Morgan fingerprint density at radius 1 is 1.15 bits per heavy atom. The second-order valence-electron chi connectivity index (χ2n) is 11.8. The molecule has 6 heteroatoms. The molecule has 0 amide bonds. The van der Waals surface area contributed by atoms with E-state index in [1.807, 2.05) is 10.6 Å². The maximum absolute atomic E-state index is 13.7. The fourth-order valence-electron chi connectivity index (χ4n) is 8.67. The Kier molecular flexibility index (Phi) is 4.99. The van der Waals surface area contributed by atoms with Crippen molar-refractivity contribution in [1.29, 1.82) is 0 Å². The van der Waals surface area contributed by atoms with Crippen molar-refractivity contribution in [3.63, 3.8) is 0 Å². The predicted molar refractivity (Wildman–Crippen MR) is 132 cm³/mol. The van der Waals surface area contributed by atoms with Gasteiger partial charge in [-0.3, -0.25) is 9.59 Å². The van der Waals surface area contributed by atoms with Gasteiger partial charge in [-0.15, -0.1) is 0 Å². The zero-order chi connectivity index (χ0) is 23.0. The van der Waals surface area contributed by atoms with Gasteiger partial charge in [0.2, 0.25) is 0 Å². The third-order valence-electron chi connectivity index (χ3n) is 10.4. The van der Waals surface area contributed by atoms with Gasteiger partial charge in [0.1, 0.15) is 11.5 Å². The number of aromatic nitrogens is 2. The number of anilines is 1. The van der Waals surface area contributed by atoms with E-state index in [4.69, 9.17) is 12.2 Å². The number of thiocarbonyl (C=S) groups is 1. The Morgan fingerprint density at radius 3 is 2.85 bits per heavy atom. The van der Waals surface area contributed by atoms with Crippen molar-refractivity contribution >= 4 is 34.5 Å². The summed E-state index contributed by atoms with van der Waals surface area (Å²) in [6, 6.07) is 0. The van der Waals surface area contributed by atoms with Crippen LogP contribution in [0, 0.1) is 34.5 Å². The molecule has 3 fully saturated rings. The molecule has 5 nitrogen and oxygen atoms in total. The van der Waals surface area contributed by atoms with Crippen LogP contribution in [0.1, 0.15) is 77.3 Å². The number of nitrogens with one attached hydrogen (secondary N) is 1. The first-order valence-electron chi connectivity index (χ1n) is 12.9. The standard InChI is InChI=1S/C27H35N3O2S/c1-26-10-7-17(31)13-16(26)3-4-18-19-5-6-21(27(19,2)11-8-20(18)26)22(32)14-30-15-29-24-23(33)9-12-28-25(24)30/h13,15,18-21,28H,3-12,14H2,1-2H3. The van der Waals surface area contributed by atoms with Gasteiger partial charge in [0.05, 0.1) is 12.9 Å². The molecule has 5 aliphatic rings. The molecule has 2 heterocycles. The molecule has 4 aliphatic carbocycles. The number of fused-ring (bicyclic) bond motifs is 6. The van der Waals surface area contributed by atoms with Crippen molar-refractivity contribution < 1.29 is 9.59 Å². The minimum atomic E-state index is 0.101. The normalized spacial score (nSPS) is 39.6. The molecule has 1 aromatic heterocycles. The summed E-state index contributed by atoms with van der Waals surface area (Å²) in [4.78, 5) is 31.1. The van der Waals surface area contributed by atoms with E-state index < -0.39 is 0 Å². The Bertz CT molecular complexity index is 1070. The lowest BCUT2D eigenvalue weighted by Crippen LogP contribution is -2.51. The van der Waals surface area contributed by atoms with Crippen molar-refractivity contribution in [2.75, 3.05) is 11.9 Å². The smallest absolute Gasteiger partial charge is 0.156 e. The maximum atomic E-state index is 13.7. The Balaban J connectivity index is 1.23. The molecular weight excluding hydrogens is 430 g/mol. The largest absolute Gasteiger partial charge is 0.369 e. The molecule has 1 N–H and O–H groups in total. The minimum Gasteiger partial charge on any atom is -0.369 e. The summed E-state index contributed by atoms with van der Waals surface area (Å²) in [5, 5.41) is 3.41. The van der Waals surface area contributed by atoms with Crippen molar-refractivity contribution in [1.82, 2.24) is 9.55 Å². The molecule has 6 unspecified atom stereocenters. The number of Topliss-reactive ketones (excluding diaryl/α,β-unsaturated/α-hetero) is 1. The fourth-order valence-corrected chi connectivity index (χ4v) is 8.92. The molecule has 0 aromatic carbocycles. The molecular formula is C27H35N3O2S. The van der Waals surface area contributed by atoms with Gasteiger partial charge < -0.3 is 9.88 Å². The molecule has 0 radical (unpaired) electrons. The molecule has 0 spiro atoms. The average Bonchev–Trinajstić information content (AvgIpc) is 3.36. The lowest BCUT2D eigenvalue weighted by atomic mass is 9.46. The van der Waals surface area contributed by atoms with E-state index in [0.29, 0.717) is 42.3 Å². The molecule has 33 heavy (non-hydrogen) atoms. The number of ketones is 2. The average molecular weight is 466 g/mol. The van der Waals surface area contributed by atoms with Crippen LogP contribution < -0.4 is 5.32 Å². The van der Waals surface area contributed by atoms with Gasteiger partial charge in [0.15, 0.2) is 11.6 Å². The number of carbonyl (C=O) groups excluding carboxylic acids is 2. The molecule has 6 atom stereocenters. The highest BCUT2D eigenvalue weighted by atomic mass is 32.1. The van der Waals surface area contributed by atoms with Crippen LogP contribution in [-0.2, 0) is 16.1 Å². The van der Waals surface area contributed by atoms with Crippen LogP contribution in [-0.4, -0.2) is 32.5 Å². The maximum Gasteiger partial charge on any atom is 0.156 e. The summed E-state index contributed by atoms with van der Waals surface area (Å²) in [5.41, 5.74) is 2.57. The van der Waals surface area contributed by atoms with Crippen LogP contribution >= 0.6 is 12.2 Å². The highest BCUT2D eigenvalue weighted by Crippen LogP contribution is 2.66. The van der Waals surface area contributed by atoms with Crippen LogP contribution in [0.15, 0.2) is 18.0 Å². The predicted octanol–water partition coefficient (Wildman–Crippen LogP) is 5.13. The zero-order valence-corrected chi connectivity index (χ0v) is 20.7. The summed E-state index contributed by atoms with van der Waals surface area (Å²) in [6.07, 6.45) is 13.1. The van der Waals surface area contributed by atoms with E-state index >= 15 is 0 Å². The first kappa shape index (κ1) is 21.7. The van der Waals surface area contributed by atoms with E-state index in [1.165, 1.54) is 24.8 Å². The molecule has 1 aromatic rings. The van der Waals surface area contributed by atoms with E-state index in [2.05, 4.69) is 24.1 Å². The number of rotatable bonds is 3. The highest BCUT2D eigenvalue weighted by Gasteiger charge is 2.60. The van der Waals surface area contributed by atoms with Crippen LogP contribution in [0.5, 0.6) is 0 Å².